The average molecular weight is 207 g/mol. The summed E-state index contributed by atoms with van der Waals surface area (Å²) in [5, 5.41) is 0. The molecule has 0 heterocycles. The second-order valence-electron chi connectivity index (χ2n) is 4.47. The lowest BCUT2D eigenvalue weighted by Gasteiger charge is -2.16. The minimum Gasteiger partial charge on any atom is -0.496 e. The number of hydrogen-bond acceptors (Lipinski definition) is 2. The molecule has 0 aromatic heterocycles. The van der Waals surface area contributed by atoms with Gasteiger partial charge in [0, 0.05) is 6.04 Å². The molecule has 0 unspecified atom stereocenters. The van der Waals surface area contributed by atoms with E-state index in [1.54, 1.807) is 7.11 Å². The van der Waals surface area contributed by atoms with Gasteiger partial charge < -0.3 is 10.5 Å². The van der Waals surface area contributed by atoms with Crippen LogP contribution in [0.1, 0.15) is 37.4 Å². The molecule has 2 nitrogen and oxygen atoms in total. The van der Waals surface area contributed by atoms with Crippen molar-refractivity contribution in [2.45, 2.75) is 33.2 Å². The summed E-state index contributed by atoms with van der Waals surface area (Å²) in [4.78, 5) is 0. The summed E-state index contributed by atoms with van der Waals surface area (Å²) < 4.78 is 5.22. The Morgan fingerprint density at radius 3 is 2.47 bits per heavy atom. The predicted molar refractivity (Wildman–Crippen MR) is 64.1 cm³/mol. The molecule has 1 aromatic carbocycles. The number of methoxy groups -OCH3 is 1. The van der Waals surface area contributed by atoms with Crippen LogP contribution in [0.3, 0.4) is 0 Å². The van der Waals surface area contributed by atoms with Gasteiger partial charge in [-0.15, -0.1) is 0 Å². The molecule has 2 N–H and O–H groups in total. The number of aryl methyl sites for hydroxylation is 1. The number of hydrogen-bond donors (Lipinski definition) is 1. The van der Waals surface area contributed by atoms with Gasteiger partial charge in [-0.2, -0.15) is 0 Å². The first kappa shape index (κ1) is 12.1. The fourth-order valence-electron chi connectivity index (χ4n) is 1.78. The summed E-state index contributed by atoms with van der Waals surface area (Å²) in [6.07, 6.45) is 1.02. The van der Waals surface area contributed by atoms with Crippen LogP contribution in [0.4, 0.5) is 0 Å². The van der Waals surface area contributed by atoms with Crippen LogP contribution >= 0.6 is 0 Å². The zero-order valence-corrected chi connectivity index (χ0v) is 10.1. The molecule has 0 aliphatic rings. The van der Waals surface area contributed by atoms with Crippen LogP contribution in [0.5, 0.6) is 5.75 Å². The lowest BCUT2D eigenvalue weighted by molar-refractivity contribution is 0.411. The van der Waals surface area contributed by atoms with E-state index in [0.717, 1.165) is 17.7 Å². The van der Waals surface area contributed by atoms with E-state index in [2.05, 4.69) is 26.0 Å². The summed E-state index contributed by atoms with van der Waals surface area (Å²) in [6, 6.07) is 6.30. The first-order chi connectivity index (χ1) is 7.04. The molecule has 1 aromatic rings. The van der Waals surface area contributed by atoms with Crippen molar-refractivity contribution in [3.05, 3.63) is 29.3 Å². The van der Waals surface area contributed by atoms with Crippen molar-refractivity contribution in [2.24, 2.45) is 11.7 Å². The fraction of sp³-hybridized carbons (Fsp3) is 0.538. The van der Waals surface area contributed by atoms with E-state index in [9.17, 15) is 0 Å². The molecule has 0 amide bonds. The topological polar surface area (TPSA) is 35.2 Å². The molecular weight excluding hydrogens is 186 g/mol. The summed E-state index contributed by atoms with van der Waals surface area (Å²) >= 11 is 0. The van der Waals surface area contributed by atoms with E-state index >= 15 is 0 Å². The molecule has 0 aliphatic heterocycles. The third-order valence-electron chi connectivity index (χ3n) is 2.57. The summed E-state index contributed by atoms with van der Waals surface area (Å²) in [6.45, 7) is 6.43. The van der Waals surface area contributed by atoms with Crippen molar-refractivity contribution in [1.82, 2.24) is 0 Å². The molecule has 0 saturated heterocycles. The Hall–Kier alpha value is -1.02. The largest absolute Gasteiger partial charge is 0.496 e. The molecule has 0 radical (unpaired) electrons. The Morgan fingerprint density at radius 2 is 2.00 bits per heavy atom. The molecule has 15 heavy (non-hydrogen) atoms. The van der Waals surface area contributed by atoms with Crippen LogP contribution in [0, 0.1) is 12.8 Å². The zero-order chi connectivity index (χ0) is 11.4. The van der Waals surface area contributed by atoms with Gasteiger partial charge in [0.15, 0.2) is 0 Å². The minimum atomic E-state index is 0.134. The van der Waals surface area contributed by atoms with Crippen molar-refractivity contribution < 1.29 is 4.74 Å². The maximum absolute atomic E-state index is 6.12. The first-order valence-electron chi connectivity index (χ1n) is 5.44. The zero-order valence-electron chi connectivity index (χ0n) is 10.1. The van der Waals surface area contributed by atoms with Crippen LogP contribution in [-0.4, -0.2) is 7.11 Å². The van der Waals surface area contributed by atoms with Crippen LogP contribution in [0.25, 0.3) is 0 Å². The van der Waals surface area contributed by atoms with Crippen LogP contribution < -0.4 is 10.5 Å². The van der Waals surface area contributed by atoms with E-state index in [1.165, 1.54) is 5.56 Å². The van der Waals surface area contributed by atoms with Gasteiger partial charge in [0.2, 0.25) is 0 Å². The molecule has 1 rings (SSSR count). The van der Waals surface area contributed by atoms with Gasteiger partial charge in [0.1, 0.15) is 5.75 Å². The Balaban J connectivity index is 2.82. The van der Waals surface area contributed by atoms with Gasteiger partial charge >= 0.3 is 0 Å². The van der Waals surface area contributed by atoms with Crippen molar-refractivity contribution in [1.29, 1.82) is 0 Å². The first-order valence-corrected chi connectivity index (χ1v) is 5.44. The van der Waals surface area contributed by atoms with Gasteiger partial charge in [-0.1, -0.05) is 26.0 Å². The maximum Gasteiger partial charge on any atom is 0.121 e. The molecule has 0 aliphatic carbocycles. The lowest BCUT2D eigenvalue weighted by atomic mass is 9.96. The average Bonchev–Trinajstić information content (AvgIpc) is 2.16. The monoisotopic (exact) mass is 207 g/mol. The Morgan fingerprint density at radius 1 is 1.33 bits per heavy atom. The molecule has 1 atom stereocenters. The highest BCUT2D eigenvalue weighted by molar-refractivity contribution is 5.37. The minimum absolute atomic E-state index is 0.134. The third-order valence-corrected chi connectivity index (χ3v) is 2.57. The Labute approximate surface area is 92.4 Å². The highest BCUT2D eigenvalue weighted by atomic mass is 16.5. The Bertz CT molecular complexity index is 320. The van der Waals surface area contributed by atoms with Crippen LogP contribution in [0.2, 0.25) is 0 Å². The van der Waals surface area contributed by atoms with Crippen molar-refractivity contribution >= 4 is 0 Å². The fourth-order valence-corrected chi connectivity index (χ4v) is 1.78. The van der Waals surface area contributed by atoms with Gasteiger partial charge in [0.05, 0.1) is 7.11 Å². The summed E-state index contributed by atoms with van der Waals surface area (Å²) in [5.74, 6) is 1.55. The second-order valence-corrected chi connectivity index (χ2v) is 4.47. The van der Waals surface area contributed by atoms with Crippen LogP contribution in [0.15, 0.2) is 18.2 Å². The van der Waals surface area contributed by atoms with Crippen molar-refractivity contribution in [3.63, 3.8) is 0 Å². The second kappa shape index (κ2) is 5.17. The quantitative estimate of drug-likeness (QED) is 0.823. The SMILES string of the molecule is COc1ccc([C@@H](N)CC(C)C)cc1C. The van der Waals surface area contributed by atoms with Crippen molar-refractivity contribution in [3.8, 4) is 5.75 Å². The molecule has 2 heteroatoms. The normalized spacial score (nSPS) is 12.9. The van der Waals surface area contributed by atoms with Gasteiger partial charge in [-0.25, -0.2) is 0 Å². The molecule has 84 valence electrons. The third kappa shape index (κ3) is 3.24. The highest BCUT2D eigenvalue weighted by Crippen LogP contribution is 2.24. The summed E-state index contributed by atoms with van der Waals surface area (Å²) in [5.41, 5.74) is 8.46. The van der Waals surface area contributed by atoms with Gasteiger partial charge in [-0.05, 0) is 36.5 Å². The molecule has 0 saturated carbocycles. The number of nitrogens with two attached hydrogens (primary N) is 1. The maximum atomic E-state index is 6.12. The van der Waals surface area contributed by atoms with Gasteiger partial charge in [0.25, 0.3) is 0 Å². The van der Waals surface area contributed by atoms with E-state index in [0.29, 0.717) is 5.92 Å². The van der Waals surface area contributed by atoms with Crippen LogP contribution in [-0.2, 0) is 0 Å². The number of ether oxygens (including phenoxy) is 1. The van der Waals surface area contributed by atoms with Gasteiger partial charge in [-0.3, -0.25) is 0 Å². The molecule has 0 fully saturated rings. The molecular formula is C13H21NO. The lowest BCUT2D eigenvalue weighted by Crippen LogP contribution is -2.13. The molecule has 0 bridgehead atoms. The Kier molecular flexibility index (Phi) is 4.15. The smallest absolute Gasteiger partial charge is 0.121 e. The van der Waals surface area contributed by atoms with Crippen molar-refractivity contribution in [2.75, 3.05) is 7.11 Å². The van der Waals surface area contributed by atoms with E-state index in [-0.39, 0.29) is 6.04 Å². The van der Waals surface area contributed by atoms with E-state index in [1.807, 2.05) is 13.0 Å². The van der Waals surface area contributed by atoms with E-state index < -0.39 is 0 Å². The van der Waals surface area contributed by atoms with E-state index in [4.69, 9.17) is 10.5 Å². The number of benzene rings is 1. The number of rotatable bonds is 4. The standard InChI is InChI=1S/C13H21NO/c1-9(2)7-12(14)11-5-6-13(15-4)10(3)8-11/h5-6,8-9,12H,7,14H2,1-4H3/t12-/m0/s1. The summed E-state index contributed by atoms with van der Waals surface area (Å²) in [7, 11) is 1.69. The predicted octanol–water partition coefficient (Wildman–Crippen LogP) is 3.05. The molecule has 0 spiro atoms. The highest BCUT2D eigenvalue weighted by Gasteiger charge is 2.09.